The predicted octanol–water partition coefficient (Wildman–Crippen LogP) is 3.79. The van der Waals surface area contributed by atoms with Crippen molar-refractivity contribution in [2.75, 3.05) is 37.4 Å². The van der Waals surface area contributed by atoms with Crippen molar-refractivity contribution in [1.82, 2.24) is 14.8 Å². The Balaban J connectivity index is 1.58. The van der Waals surface area contributed by atoms with E-state index in [9.17, 15) is 23.9 Å². The molecule has 3 atom stereocenters. The number of amides is 4. The number of anilines is 2. The number of carbonyl (C=O) groups is 3. The Kier molecular flexibility index (Phi) is 9.51. The molecule has 2 heterocycles. The van der Waals surface area contributed by atoms with Crippen molar-refractivity contribution in [2.45, 2.75) is 32.4 Å². The molecule has 3 aromatic rings. The van der Waals surface area contributed by atoms with Gasteiger partial charge in [-0.2, -0.15) is 0 Å². The van der Waals surface area contributed by atoms with Crippen LogP contribution in [0.25, 0.3) is 0 Å². The van der Waals surface area contributed by atoms with E-state index in [1.807, 2.05) is 6.92 Å². The van der Waals surface area contributed by atoms with Gasteiger partial charge in [0, 0.05) is 54.4 Å². The van der Waals surface area contributed by atoms with Crippen LogP contribution in [0, 0.1) is 11.7 Å². The molecule has 216 valence electrons. The minimum Gasteiger partial charge on any atom is -0.488 e. The number of hydrogen-bond donors (Lipinski definition) is 3. The van der Waals surface area contributed by atoms with Gasteiger partial charge in [-0.3, -0.25) is 14.6 Å². The largest absolute Gasteiger partial charge is 0.488 e. The van der Waals surface area contributed by atoms with E-state index in [0.717, 1.165) is 0 Å². The van der Waals surface area contributed by atoms with Crippen LogP contribution >= 0.6 is 0 Å². The van der Waals surface area contributed by atoms with Crippen LogP contribution < -0.4 is 15.4 Å². The number of aliphatic hydroxyl groups is 1. The number of fused-ring (bicyclic) bond motifs is 1. The SMILES string of the molecule is C[C@H]1CN([C@@H](C)CO)C(=O)Cc2cc(NC(=O)c3ccncc3)ccc2O[C@H]1CN(C)C(=O)Nc1ccc(F)cc1. The van der Waals surface area contributed by atoms with Gasteiger partial charge in [-0.15, -0.1) is 0 Å². The van der Waals surface area contributed by atoms with E-state index in [1.165, 1.54) is 41.6 Å². The van der Waals surface area contributed by atoms with Crippen molar-refractivity contribution in [3.8, 4) is 5.75 Å². The van der Waals surface area contributed by atoms with Gasteiger partial charge in [0.05, 0.1) is 25.6 Å². The molecule has 0 aliphatic carbocycles. The molecule has 0 saturated carbocycles. The molecule has 41 heavy (non-hydrogen) atoms. The zero-order chi connectivity index (χ0) is 29.5. The Morgan fingerprint density at radius 2 is 1.80 bits per heavy atom. The van der Waals surface area contributed by atoms with E-state index < -0.39 is 24.0 Å². The van der Waals surface area contributed by atoms with E-state index in [4.69, 9.17) is 4.74 Å². The van der Waals surface area contributed by atoms with E-state index in [1.54, 1.807) is 49.2 Å². The monoisotopic (exact) mass is 563 g/mol. The second-order valence-corrected chi connectivity index (χ2v) is 10.2. The number of hydrogen-bond acceptors (Lipinski definition) is 6. The minimum absolute atomic E-state index is 0.00102. The van der Waals surface area contributed by atoms with E-state index in [-0.39, 0.29) is 37.3 Å². The van der Waals surface area contributed by atoms with Gasteiger partial charge in [-0.05, 0) is 61.5 Å². The summed E-state index contributed by atoms with van der Waals surface area (Å²) in [6.07, 6.45) is 2.54. The number of aromatic nitrogens is 1. The van der Waals surface area contributed by atoms with Gasteiger partial charge in [0.2, 0.25) is 5.91 Å². The summed E-state index contributed by atoms with van der Waals surface area (Å²) in [5, 5.41) is 15.4. The van der Waals surface area contributed by atoms with Crippen molar-refractivity contribution in [2.24, 2.45) is 5.92 Å². The number of nitrogens with one attached hydrogen (secondary N) is 2. The molecule has 0 bridgehead atoms. The third kappa shape index (κ3) is 7.57. The maximum absolute atomic E-state index is 13.4. The number of rotatable bonds is 7. The summed E-state index contributed by atoms with van der Waals surface area (Å²) in [6, 6.07) is 12.9. The van der Waals surface area contributed by atoms with Crippen molar-refractivity contribution >= 4 is 29.2 Å². The van der Waals surface area contributed by atoms with Gasteiger partial charge in [-0.25, -0.2) is 9.18 Å². The fourth-order valence-corrected chi connectivity index (χ4v) is 4.54. The number of nitrogens with zero attached hydrogens (tertiary/aromatic N) is 3. The molecule has 0 radical (unpaired) electrons. The van der Waals surface area contributed by atoms with E-state index in [0.29, 0.717) is 34.8 Å². The van der Waals surface area contributed by atoms with Crippen LogP contribution in [0.3, 0.4) is 0 Å². The molecule has 4 rings (SSSR count). The number of ether oxygens (including phenoxy) is 1. The zero-order valence-electron chi connectivity index (χ0n) is 23.2. The molecule has 3 N–H and O–H groups in total. The molecule has 2 aromatic carbocycles. The van der Waals surface area contributed by atoms with E-state index >= 15 is 0 Å². The number of halogens is 1. The molecular weight excluding hydrogens is 529 g/mol. The lowest BCUT2D eigenvalue weighted by atomic mass is 10.0. The normalized spacial score (nSPS) is 17.7. The topological polar surface area (TPSA) is 124 Å². The summed E-state index contributed by atoms with van der Waals surface area (Å²) in [7, 11) is 1.62. The fraction of sp³-hybridized carbons (Fsp3) is 0.333. The Hall–Kier alpha value is -4.51. The molecule has 0 fully saturated rings. The van der Waals surface area contributed by atoms with Crippen molar-refractivity contribution in [3.05, 3.63) is 83.9 Å². The molecule has 1 aromatic heterocycles. The molecular formula is C30H34FN5O5. The Morgan fingerprint density at radius 1 is 1.12 bits per heavy atom. The van der Waals surface area contributed by atoms with Crippen LogP contribution in [0.4, 0.5) is 20.6 Å². The Labute approximate surface area is 238 Å². The van der Waals surface area contributed by atoms with Crippen LogP contribution in [0.15, 0.2) is 67.0 Å². The quantitative estimate of drug-likeness (QED) is 0.402. The molecule has 4 amide bonds. The third-order valence-electron chi connectivity index (χ3n) is 7.01. The molecule has 10 nitrogen and oxygen atoms in total. The summed E-state index contributed by atoms with van der Waals surface area (Å²) in [4.78, 5) is 46.0. The molecule has 0 unspecified atom stereocenters. The first-order valence-corrected chi connectivity index (χ1v) is 13.3. The summed E-state index contributed by atoms with van der Waals surface area (Å²) >= 11 is 0. The number of pyridine rings is 1. The number of likely N-dealkylation sites (N-methyl/N-ethyl adjacent to an activating group) is 1. The smallest absolute Gasteiger partial charge is 0.321 e. The Bertz CT molecular complexity index is 1370. The molecule has 0 spiro atoms. The van der Waals surface area contributed by atoms with Crippen LogP contribution in [-0.4, -0.2) is 76.6 Å². The second kappa shape index (κ2) is 13.2. The highest BCUT2D eigenvalue weighted by molar-refractivity contribution is 6.04. The van der Waals surface area contributed by atoms with Gasteiger partial charge in [0.1, 0.15) is 17.7 Å². The van der Waals surface area contributed by atoms with Gasteiger partial charge >= 0.3 is 6.03 Å². The fourth-order valence-electron chi connectivity index (χ4n) is 4.54. The zero-order valence-corrected chi connectivity index (χ0v) is 23.2. The van der Waals surface area contributed by atoms with E-state index in [2.05, 4.69) is 15.6 Å². The van der Waals surface area contributed by atoms with Crippen LogP contribution in [-0.2, 0) is 11.2 Å². The maximum Gasteiger partial charge on any atom is 0.321 e. The van der Waals surface area contributed by atoms with Gasteiger partial charge < -0.3 is 30.3 Å². The van der Waals surface area contributed by atoms with Gasteiger partial charge in [0.15, 0.2) is 0 Å². The summed E-state index contributed by atoms with van der Waals surface area (Å²) in [5.41, 5.74) is 1.94. The number of carbonyl (C=O) groups excluding carboxylic acids is 3. The second-order valence-electron chi connectivity index (χ2n) is 10.2. The molecule has 1 aliphatic heterocycles. The highest BCUT2D eigenvalue weighted by atomic mass is 19.1. The number of urea groups is 1. The van der Waals surface area contributed by atoms with Gasteiger partial charge in [0.25, 0.3) is 5.91 Å². The van der Waals surface area contributed by atoms with Crippen LogP contribution in [0.1, 0.15) is 29.8 Å². The summed E-state index contributed by atoms with van der Waals surface area (Å²) < 4.78 is 19.7. The number of benzene rings is 2. The lowest BCUT2D eigenvalue weighted by Crippen LogP contribution is -2.48. The summed E-state index contributed by atoms with van der Waals surface area (Å²) in [6.45, 7) is 3.97. The predicted molar refractivity (Wildman–Crippen MR) is 152 cm³/mol. The highest BCUT2D eigenvalue weighted by Gasteiger charge is 2.32. The molecule has 0 saturated heterocycles. The Morgan fingerprint density at radius 3 is 2.49 bits per heavy atom. The van der Waals surface area contributed by atoms with Crippen LogP contribution in [0.5, 0.6) is 5.75 Å². The lowest BCUT2D eigenvalue weighted by molar-refractivity contribution is -0.134. The highest BCUT2D eigenvalue weighted by Crippen LogP contribution is 2.29. The summed E-state index contributed by atoms with van der Waals surface area (Å²) in [5.74, 6) is -0.671. The molecule has 11 heteroatoms. The lowest BCUT2D eigenvalue weighted by Gasteiger charge is -2.34. The number of aliphatic hydroxyl groups excluding tert-OH is 1. The first-order chi connectivity index (χ1) is 19.6. The maximum atomic E-state index is 13.4. The first kappa shape index (κ1) is 29.5. The minimum atomic E-state index is -0.519. The molecule has 1 aliphatic rings. The first-order valence-electron chi connectivity index (χ1n) is 13.3. The average Bonchev–Trinajstić information content (AvgIpc) is 3.01. The van der Waals surface area contributed by atoms with Crippen molar-refractivity contribution in [1.29, 1.82) is 0 Å². The van der Waals surface area contributed by atoms with Crippen LogP contribution in [0.2, 0.25) is 0 Å². The standard InChI is InChI=1S/C30H34FN5O5/c1-19-16-36(20(2)18-37)28(38)15-22-14-25(33-29(39)21-10-12-32-13-11-21)8-9-26(22)41-27(19)17-35(3)30(40)34-24-6-4-23(31)5-7-24/h4-14,19-20,27,37H,15-18H2,1-3H3,(H,33,39)(H,34,40)/t19-,20-,27-/m0/s1. The third-order valence-corrected chi connectivity index (χ3v) is 7.01. The average molecular weight is 564 g/mol. The van der Waals surface area contributed by atoms with Crippen molar-refractivity contribution in [3.63, 3.8) is 0 Å². The van der Waals surface area contributed by atoms with Gasteiger partial charge in [-0.1, -0.05) is 6.92 Å². The van der Waals surface area contributed by atoms with Crippen molar-refractivity contribution < 1.29 is 28.6 Å².